The Morgan fingerprint density at radius 3 is 2.53 bits per heavy atom. The van der Waals surface area contributed by atoms with Gasteiger partial charge in [-0.1, -0.05) is 0 Å². The first kappa shape index (κ1) is 13.8. The molecule has 0 aromatic carbocycles. The first-order valence-electron chi connectivity index (χ1n) is 4.98. The average Bonchev–Trinajstić information content (AvgIpc) is 2.58. The summed E-state index contributed by atoms with van der Waals surface area (Å²) in [5.41, 5.74) is 5.45. The second kappa shape index (κ2) is 5.37. The molecule has 1 amide bonds. The van der Waals surface area contributed by atoms with E-state index in [1.165, 1.54) is 11.8 Å². The summed E-state index contributed by atoms with van der Waals surface area (Å²) in [5, 5.41) is 17.2. The molecule has 1 fully saturated rings. The van der Waals surface area contributed by atoms with E-state index < -0.39 is 36.4 Å². The Morgan fingerprint density at radius 2 is 2.06 bits per heavy atom. The zero-order valence-electron chi connectivity index (χ0n) is 9.20. The predicted octanol–water partition coefficient (Wildman–Crippen LogP) is -0.837. The SMILES string of the molecule is CC1SCC(C(=O)O)N1C(=O)C(N)CC(=O)O. The summed E-state index contributed by atoms with van der Waals surface area (Å²) in [5.74, 6) is -2.62. The lowest BCUT2D eigenvalue weighted by atomic mass is 10.1. The van der Waals surface area contributed by atoms with Crippen LogP contribution < -0.4 is 5.73 Å². The lowest BCUT2D eigenvalue weighted by Gasteiger charge is -2.27. The van der Waals surface area contributed by atoms with Crippen LogP contribution in [-0.2, 0) is 14.4 Å². The maximum absolute atomic E-state index is 11.9. The zero-order chi connectivity index (χ0) is 13.2. The van der Waals surface area contributed by atoms with E-state index in [1.54, 1.807) is 6.92 Å². The molecule has 0 aliphatic carbocycles. The number of carbonyl (C=O) groups excluding carboxylic acids is 1. The van der Waals surface area contributed by atoms with Gasteiger partial charge < -0.3 is 20.8 Å². The number of carboxylic acid groups (broad SMARTS) is 2. The van der Waals surface area contributed by atoms with Gasteiger partial charge in [-0.3, -0.25) is 9.59 Å². The van der Waals surface area contributed by atoms with Crippen molar-refractivity contribution in [2.45, 2.75) is 30.8 Å². The summed E-state index contributed by atoms with van der Waals surface area (Å²) in [4.78, 5) is 34.4. The van der Waals surface area contributed by atoms with Gasteiger partial charge in [0.15, 0.2) is 0 Å². The van der Waals surface area contributed by atoms with Crippen molar-refractivity contribution in [1.82, 2.24) is 4.90 Å². The highest BCUT2D eigenvalue weighted by Gasteiger charge is 2.41. The summed E-state index contributed by atoms with van der Waals surface area (Å²) in [6.45, 7) is 1.69. The molecule has 1 heterocycles. The normalized spacial score (nSPS) is 25.6. The highest BCUT2D eigenvalue weighted by molar-refractivity contribution is 8.00. The van der Waals surface area contributed by atoms with Gasteiger partial charge in [0.05, 0.1) is 17.8 Å². The fourth-order valence-corrected chi connectivity index (χ4v) is 2.81. The Hall–Kier alpha value is -1.28. The van der Waals surface area contributed by atoms with Gasteiger partial charge in [0.1, 0.15) is 6.04 Å². The van der Waals surface area contributed by atoms with E-state index in [4.69, 9.17) is 15.9 Å². The molecule has 4 N–H and O–H groups in total. The van der Waals surface area contributed by atoms with Crippen LogP contribution in [0.15, 0.2) is 0 Å². The molecule has 0 spiro atoms. The van der Waals surface area contributed by atoms with Crippen molar-refractivity contribution in [3.8, 4) is 0 Å². The fraction of sp³-hybridized carbons (Fsp3) is 0.667. The van der Waals surface area contributed by atoms with Crippen molar-refractivity contribution in [2.24, 2.45) is 5.73 Å². The lowest BCUT2D eigenvalue weighted by Crippen LogP contribution is -2.52. The largest absolute Gasteiger partial charge is 0.481 e. The number of carboxylic acids is 2. The summed E-state index contributed by atoms with van der Waals surface area (Å²) in [7, 11) is 0. The summed E-state index contributed by atoms with van der Waals surface area (Å²) < 4.78 is 0. The average molecular weight is 262 g/mol. The van der Waals surface area contributed by atoms with Crippen LogP contribution in [0.2, 0.25) is 0 Å². The molecule has 0 saturated carbocycles. The third-order valence-electron chi connectivity index (χ3n) is 2.47. The number of rotatable bonds is 4. The summed E-state index contributed by atoms with van der Waals surface area (Å²) in [6.07, 6.45) is -0.501. The van der Waals surface area contributed by atoms with Gasteiger partial charge in [-0.05, 0) is 6.92 Å². The topological polar surface area (TPSA) is 121 Å². The lowest BCUT2D eigenvalue weighted by molar-refractivity contribution is -0.150. The van der Waals surface area contributed by atoms with Crippen LogP contribution in [0.25, 0.3) is 0 Å². The van der Waals surface area contributed by atoms with E-state index in [1.807, 2.05) is 0 Å². The molecule has 1 saturated heterocycles. The maximum atomic E-state index is 11.9. The highest BCUT2D eigenvalue weighted by Crippen LogP contribution is 2.29. The van der Waals surface area contributed by atoms with Crippen molar-refractivity contribution in [2.75, 3.05) is 5.75 Å². The van der Waals surface area contributed by atoms with Crippen LogP contribution >= 0.6 is 11.8 Å². The zero-order valence-corrected chi connectivity index (χ0v) is 10.0. The van der Waals surface area contributed by atoms with Gasteiger partial charge in [-0.25, -0.2) is 4.79 Å². The van der Waals surface area contributed by atoms with Crippen molar-refractivity contribution in [1.29, 1.82) is 0 Å². The second-order valence-electron chi connectivity index (χ2n) is 3.74. The Bertz CT molecular complexity index is 348. The third-order valence-corrected chi connectivity index (χ3v) is 3.69. The highest BCUT2D eigenvalue weighted by atomic mass is 32.2. The number of hydrogen-bond donors (Lipinski definition) is 3. The molecule has 1 aliphatic heterocycles. The molecule has 8 heteroatoms. The number of hydrogen-bond acceptors (Lipinski definition) is 5. The van der Waals surface area contributed by atoms with Crippen molar-refractivity contribution >= 4 is 29.6 Å². The smallest absolute Gasteiger partial charge is 0.327 e. The van der Waals surface area contributed by atoms with E-state index in [9.17, 15) is 14.4 Å². The fourth-order valence-electron chi connectivity index (χ4n) is 1.63. The predicted molar refractivity (Wildman–Crippen MR) is 60.4 cm³/mol. The quantitative estimate of drug-likeness (QED) is 0.604. The third kappa shape index (κ3) is 3.10. The summed E-state index contributed by atoms with van der Waals surface area (Å²) in [6, 6.07) is -2.13. The van der Waals surface area contributed by atoms with Gasteiger partial charge in [0.25, 0.3) is 0 Å². The molecule has 3 atom stereocenters. The van der Waals surface area contributed by atoms with Gasteiger partial charge in [0.2, 0.25) is 5.91 Å². The van der Waals surface area contributed by atoms with Gasteiger partial charge in [-0.2, -0.15) is 0 Å². The Balaban J connectivity index is 2.78. The monoisotopic (exact) mass is 262 g/mol. The van der Waals surface area contributed by atoms with Crippen LogP contribution in [0.4, 0.5) is 0 Å². The first-order chi connectivity index (χ1) is 7.84. The maximum Gasteiger partial charge on any atom is 0.327 e. The molecular weight excluding hydrogens is 248 g/mol. The molecular formula is C9H14N2O5S. The van der Waals surface area contributed by atoms with E-state index >= 15 is 0 Å². The van der Waals surface area contributed by atoms with Crippen molar-refractivity contribution in [3.63, 3.8) is 0 Å². The molecule has 96 valence electrons. The minimum Gasteiger partial charge on any atom is -0.481 e. The number of nitrogens with two attached hydrogens (primary N) is 1. The van der Waals surface area contributed by atoms with Crippen LogP contribution in [0.5, 0.6) is 0 Å². The van der Waals surface area contributed by atoms with Crippen molar-refractivity contribution in [3.05, 3.63) is 0 Å². The molecule has 7 nitrogen and oxygen atoms in total. The van der Waals surface area contributed by atoms with Crippen LogP contribution in [-0.4, -0.2) is 56.2 Å². The van der Waals surface area contributed by atoms with E-state index in [0.29, 0.717) is 5.75 Å². The molecule has 17 heavy (non-hydrogen) atoms. The number of nitrogens with zero attached hydrogens (tertiary/aromatic N) is 1. The standard InChI is InChI=1S/C9H14N2O5S/c1-4-11(6(3-17-4)9(15)16)8(14)5(10)2-7(12)13/h4-6H,2-3,10H2,1H3,(H,12,13)(H,15,16). The molecule has 1 aliphatic rings. The molecule has 0 aromatic heterocycles. The first-order valence-corrected chi connectivity index (χ1v) is 6.03. The van der Waals surface area contributed by atoms with E-state index in [2.05, 4.69) is 0 Å². The van der Waals surface area contributed by atoms with E-state index in [-0.39, 0.29) is 5.37 Å². The minimum absolute atomic E-state index is 0.294. The number of thioether (sulfide) groups is 1. The van der Waals surface area contributed by atoms with Crippen LogP contribution in [0, 0.1) is 0 Å². The Labute approximate surface area is 102 Å². The molecule has 1 rings (SSSR count). The van der Waals surface area contributed by atoms with Crippen molar-refractivity contribution < 1.29 is 24.6 Å². The van der Waals surface area contributed by atoms with Gasteiger partial charge >= 0.3 is 11.9 Å². The Kier molecular flexibility index (Phi) is 4.35. The van der Waals surface area contributed by atoms with Gasteiger partial charge in [0, 0.05) is 5.75 Å². The second-order valence-corrected chi connectivity index (χ2v) is 5.09. The molecule has 0 radical (unpaired) electrons. The molecule has 0 bridgehead atoms. The van der Waals surface area contributed by atoms with Crippen LogP contribution in [0.1, 0.15) is 13.3 Å². The van der Waals surface area contributed by atoms with Gasteiger partial charge in [-0.15, -0.1) is 11.8 Å². The number of aliphatic carboxylic acids is 2. The van der Waals surface area contributed by atoms with Crippen LogP contribution in [0.3, 0.4) is 0 Å². The molecule has 3 unspecified atom stereocenters. The summed E-state index contributed by atoms with van der Waals surface area (Å²) >= 11 is 1.33. The minimum atomic E-state index is -1.20. The Morgan fingerprint density at radius 1 is 1.47 bits per heavy atom. The molecule has 0 aromatic rings. The number of amides is 1. The van der Waals surface area contributed by atoms with E-state index in [0.717, 1.165) is 4.90 Å². The number of carbonyl (C=O) groups is 3.